The molecule has 0 aliphatic rings. The quantitative estimate of drug-likeness (QED) is 0.395. The summed E-state index contributed by atoms with van der Waals surface area (Å²) in [5.41, 5.74) is 0. The summed E-state index contributed by atoms with van der Waals surface area (Å²) in [6.07, 6.45) is 1.06. The zero-order valence-electron chi connectivity index (χ0n) is 3.39. The SMILES string of the molecule is C=COC=O.N. The van der Waals surface area contributed by atoms with Crippen LogP contribution in [0.5, 0.6) is 0 Å². The molecule has 36 valence electrons. The highest BCUT2D eigenvalue weighted by molar-refractivity contribution is 5.37. The van der Waals surface area contributed by atoms with E-state index in [4.69, 9.17) is 4.79 Å². The molecule has 0 fully saturated rings. The Morgan fingerprint density at radius 2 is 2.17 bits per heavy atom. The molecule has 0 radical (unpaired) electrons. The van der Waals surface area contributed by atoms with E-state index in [0.717, 1.165) is 6.26 Å². The lowest BCUT2D eigenvalue weighted by molar-refractivity contribution is -0.123. The van der Waals surface area contributed by atoms with Crippen molar-refractivity contribution in [3.05, 3.63) is 12.8 Å². The average molecular weight is 89.1 g/mol. The molecule has 0 aromatic heterocycles. The van der Waals surface area contributed by atoms with Crippen molar-refractivity contribution in [2.45, 2.75) is 0 Å². The largest absolute Gasteiger partial charge is 0.437 e. The Balaban J connectivity index is 0. The van der Waals surface area contributed by atoms with Crippen LogP contribution in [0.1, 0.15) is 0 Å². The molecule has 0 unspecified atom stereocenters. The molecule has 0 aliphatic carbocycles. The standard InChI is InChI=1S/C3H4O2.H3N/c1-2-5-3-4;/h2-3H,1H2;1H3. The molecule has 0 aromatic carbocycles. The van der Waals surface area contributed by atoms with Crippen molar-refractivity contribution in [1.29, 1.82) is 0 Å². The van der Waals surface area contributed by atoms with Gasteiger partial charge in [-0.2, -0.15) is 0 Å². The first-order valence-corrected chi connectivity index (χ1v) is 1.12. The normalized spacial score (nSPS) is 4.67. The monoisotopic (exact) mass is 89.0 g/mol. The van der Waals surface area contributed by atoms with Crippen LogP contribution in [0.4, 0.5) is 0 Å². The van der Waals surface area contributed by atoms with Gasteiger partial charge in [0.05, 0.1) is 6.26 Å². The molecule has 0 spiro atoms. The minimum absolute atomic E-state index is 0. The van der Waals surface area contributed by atoms with Crippen LogP contribution >= 0.6 is 0 Å². The molecule has 0 saturated heterocycles. The smallest absolute Gasteiger partial charge is 0.297 e. The van der Waals surface area contributed by atoms with E-state index in [1.807, 2.05) is 0 Å². The Bertz CT molecular complexity index is 38.1. The van der Waals surface area contributed by atoms with Gasteiger partial charge in [0.1, 0.15) is 0 Å². The van der Waals surface area contributed by atoms with Crippen LogP contribution in [0.2, 0.25) is 0 Å². The summed E-state index contributed by atoms with van der Waals surface area (Å²) in [5, 5.41) is 0. The van der Waals surface area contributed by atoms with E-state index in [1.165, 1.54) is 0 Å². The van der Waals surface area contributed by atoms with Crippen molar-refractivity contribution >= 4 is 6.47 Å². The Labute approximate surface area is 36.2 Å². The van der Waals surface area contributed by atoms with Gasteiger partial charge < -0.3 is 10.9 Å². The predicted octanol–water partition coefficient (Wildman–Crippen LogP) is 0.465. The van der Waals surface area contributed by atoms with E-state index in [2.05, 4.69) is 11.3 Å². The van der Waals surface area contributed by atoms with Crippen LogP contribution in [-0.4, -0.2) is 6.47 Å². The minimum Gasteiger partial charge on any atom is -0.437 e. The topological polar surface area (TPSA) is 61.3 Å². The highest BCUT2D eigenvalue weighted by Crippen LogP contribution is 1.55. The van der Waals surface area contributed by atoms with Gasteiger partial charge in [0.15, 0.2) is 0 Å². The van der Waals surface area contributed by atoms with Crippen molar-refractivity contribution in [3.8, 4) is 0 Å². The number of rotatable bonds is 2. The van der Waals surface area contributed by atoms with Gasteiger partial charge in [-0.3, -0.25) is 4.79 Å². The summed E-state index contributed by atoms with van der Waals surface area (Å²) < 4.78 is 3.92. The maximum atomic E-state index is 9.11. The van der Waals surface area contributed by atoms with Crippen molar-refractivity contribution in [1.82, 2.24) is 6.15 Å². The number of carbonyl (C=O) groups excluding carboxylic acids is 1. The summed E-state index contributed by atoms with van der Waals surface area (Å²) >= 11 is 0. The molecule has 0 rings (SSSR count). The van der Waals surface area contributed by atoms with Crippen molar-refractivity contribution < 1.29 is 9.53 Å². The molecule has 3 heteroatoms. The van der Waals surface area contributed by atoms with Gasteiger partial charge in [0.25, 0.3) is 6.47 Å². The zero-order valence-corrected chi connectivity index (χ0v) is 3.39. The first-order valence-electron chi connectivity index (χ1n) is 1.12. The Kier molecular flexibility index (Phi) is 13.3. The highest BCUT2D eigenvalue weighted by Gasteiger charge is 1.52. The molecule has 0 saturated carbocycles. The lowest BCUT2D eigenvalue weighted by Gasteiger charge is -1.71. The van der Waals surface area contributed by atoms with Crippen LogP contribution in [0, 0.1) is 0 Å². The lowest BCUT2D eigenvalue weighted by Crippen LogP contribution is -1.66. The molecule has 0 atom stereocenters. The van der Waals surface area contributed by atoms with Gasteiger partial charge >= 0.3 is 0 Å². The first kappa shape index (κ1) is 8.95. The number of hydrogen-bond acceptors (Lipinski definition) is 3. The zero-order chi connectivity index (χ0) is 4.12. The van der Waals surface area contributed by atoms with Gasteiger partial charge in [-0.05, 0) is 0 Å². The summed E-state index contributed by atoms with van der Waals surface area (Å²) in [4.78, 5) is 9.11. The summed E-state index contributed by atoms with van der Waals surface area (Å²) in [6, 6.07) is 0. The van der Waals surface area contributed by atoms with Crippen molar-refractivity contribution in [2.75, 3.05) is 0 Å². The van der Waals surface area contributed by atoms with Gasteiger partial charge in [-0.15, -0.1) is 0 Å². The molecule has 0 aromatic rings. The fraction of sp³-hybridized carbons (Fsp3) is 0. The molecule has 0 bridgehead atoms. The molecule has 0 amide bonds. The predicted molar refractivity (Wildman–Crippen MR) is 22.4 cm³/mol. The van der Waals surface area contributed by atoms with E-state index in [0.29, 0.717) is 6.47 Å². The fourth-order valence-electron chi connectivity index (χ4n) is 0.0393. The second kappa shape index (κ2) is 8.90. The third-order valence-corrected chi connectivity index (χ3v) is 0.152. The lowest BCUT2D eigenvalue weighted by atomic mass is 11.1. The van der Waals surface area contributed by atoms with Gasteiger partial charge in [-0.1, -0.05) is 6.58 Å². The van der Waals surface area contributed by atoms with Crippen LogP contribution in [-0.2, 0) is 9.53 Å². The molecule has 0 aliphatic heterocycles. The second-order valence-electron chi connectivity index (χ2n) is 0.399. The maximum Gasteiger partial charge on any atom is 0.297 e. The molecule has 3 nitrogen and oxygen atoms in total. The third-order valence-electron chi connectivity index (χ3n) is 0.152. The second-order valence-corrected chi connectivity index (χ2v) is 0.399. The van der Waals surface area contributed by atoms with E-state index < -0.39 is 0 Å². The number of hydrogen-bond donors (Lipinski definition) is 1. The molecule has 3 N–H and O–H groups in total. The van der Waals surface area contributed by atoms with E-state index in [-0.39, 0.29) is 6.15 Å². The summed E-state index contributed by atoms with van der Waals surface area (Å²) in [5.74, 6) is 0. The Morgan fingerprint density at radius 3 is 2.17 bits per heavy atom. The summed E-state index contributed by atoms with van der Waals surface area (Å²) in [7, 11) is 0. The van der Waals surface area contributed by atoms with E-state index in [1.54, 1.807) is 0 Å². The van der Waals surface area contributed by atoms with Crippen molar-refractivity contribution in [3.63, 3.8) is 0 Å². The van der Waals surface area contributed by atoms with Gasteiger partial charge in [0.2, 0.25) is 0 Å². The summed E-state index contributed by atoms with van der Waals surface area (Å²) in [6.45, 7) is 3.41. The minimum atomic E-state index is 0. The van der Waals surface area contributed by atoms with Gasteiger partial charge in [0, 0.05) is 0 Å². The highest BCUT2D eigenvalue weighted by atomic mass is 16.5. The van der Waals surface area contributed by atoms with Crippen LogP contribution in [0.25, 0.3) is 0 Å². The molecular weight excluding hydrogens is 82.0 g/mol. The third kappa shape index (κ3) is 10.9. The van der Waals surface area contributed by atoms with Gasteiger partial charge in [-0.25, -0.2) is 0 Å². The maximum absolute atomic E-state index is 9.11. The van der Waals surface area contributed by atoms with E-state index >= 15 is 0 Å². The Morgan fingerprint density at radius 1 is 1.67 bits per heavy atom. The van der Waals surface area contributed by atoms with Crippen molar-refractivity contribution in [2.24, 2.45) is 0 Å². The number of carbonyl (C=O) groups is 1. The molecule has 6 heavy (non-hydrogen) atoms. The van der Waals surface area contributed by atoms with Crippen LogP contribution in [0.3, 0.4) is 0 Å². The van der Waals surface area contributed by atoms with E-state index in [9.17, 15) is 0 Å². The first-order chi connectivity index (χ1) is 2.41. The fourth-order valence-corrected chi connectivity index (χ4v) is 0.0393. The van der Waals surface area contributed by atoms with Crippen LogP contribution in [0.15, 0.2) is 12.8 Å². The molecular formula is C3H7NO2. The van der Waals surface area contributed by atoms with Crippen LogP contribution < -0.4 is 6.15 Å². The molecule has 0 heterocycles. The Hall–Kier alpha value is -0.830. The number of ether oxygens (including phenoxy) is 1. The average Bonchev–Trinajstić information content (AvgIpc) is 1.41.